The minimum atomic E-state index is -4.86. The van der Waals surface area contributed by atoms with Crippen LogP contribution >= 0.6 is 0 Å². The van der Waals surface area contributed by atoms with E-state index in [4.69, 9.17) is 0 Å². The van der Waals surface area contributed by atoms with Crippen molar-refractivity contribution in [2.75, 3.05) is 0 Å². The van der Waals surface area contributed by atoms with Gasteiger partial charge in [0.25, 0.3) is 0 Å². The summed E-state index contributed by atoms with van der Waals surface area (Å²) in [4.78, 5) is 10.9. The summed E-state index contributed by atoms with van der Waals surface area (Å²) in [6.07, 6.45) is -4.86. The Morgan fingerprint density at radius 2 is 1.96 bits per heavy atom. The molecule has 0 aliphatic rings. The monoisotopic (exact) mass is 370 g/mol. The first-order valence-corrected chi connectivity index (χ1v) is 8.72. The number of Topliss-reactive ketones (excluding diaryl/α,β-unsaturated/α-hetero) is 1. The summed E-state index contributed by atoms with van der Waals surface area (Å²) < 4.78 is 36.5. The van der Waals surface area contributed by atoms with Crippen LogP contribution < -0.4 is 0 Å². The molecule has 0 bridgehead atoms. The second-order valence-corrected chi connectivity index (χ2v) is 6.40. The van der Waals surface area contributed by atoms with Crippen molar-refractivity contribution in [1.29, 1.82) is 0 Å². The summed E-state index contributed by atoms with van der Waals surface area (Å²) in [5.41, 5.74) is 0.325. The largest absolute Gasteiger partial charge is 0.449 e. The van der Waals surface area contributed by atoms with Crippen LogP contribution in [0.1, 0.15) is 57.1 Å². The second kappa shape index (κ2) is 9.75. The van der Waals surface area contributed by atoms with E-state index >= 15 is 0 Å². The van der Waals surface area contributed by atoms with Crippen LogP contribution in [0.2, 0.25) is 0 Å². The van der Waals surface area contributed by atoms with E-state index in [0.29, 0.717) is 24.0 Å². The van der Waals surface area contributed by atoms with Gasteiger partial charge in [-0.1, -0.05) is 44.2 Å². The fourth-order valence-corrected chi connectivity index (χ4v) is 2.52. The van der Waals surface area contributed by atoms with E-state index in [0.717, 1.165) is 6.42 Å². The highest BCUT2D eigenvalue weighted by molar-refractivity contribution is 5.83. The molecule has 144 valence electrons. The third-order valence-corrected chi connectivity index (χ3v) is 4.11. The summed E-state index contributed by atoms with van der Waals surface area (Å²) in [5, 5.41) is 20.2. The van der Waals surface area contributed by atoms with E-state index in [9.17, 15) is 28.2 Å². The Kier molecular flexibility index (Phi) is 8.32. The summed E-state index contributed by atoms with van der Waals surface area (Å²) in [6.45, 7) is 3.83. The molecule has 6 heteroatoms. The molecule has 1 aromatic carbocycles. The zero-order chi connectivity index (χ0) is 19.8. The SMILES string of the molecule is CCCC(O)(C#Cc1cccc(CC(O)CCC(=O)C(F)(F)F)c1)CC. The lowest BCUT2D eigenvalue weighted by Crippen LogP contribution is -2.24. The maximum atomic E-state index is 12.2. The van der Waals surface area contributed by atoms with Gasteiger partial charge >= 0.3 is 6.18 Å². The molecule has 1 rings (SSSR count). The number of benzene rings is 1. The van der Waals surface area contributed by atoms with Crippen LogP contribution in [0.5, 0.6) is 0 Å². The predicted octanol–water partition coefficient (Wildman–Crippen LogP) is 3.79. The van der Waals surface area contributed by atoms with Gasteiger partial charge in [-0.15, -0.1) is 0 Å². The highest BCUT2D eigenvalue weighted by Gasteiger charge is 2.37. The maximum Gasteiger partial charge on any atom is 0.449 e. The number of aliphatic hydroxyl groups excluding tert-OH is 1. The molecule has 2 atom stereocenters. The number of halogens is 3. The number of rotatable bonds is 8. The van der Waals surface area contributed by atoms with Gasteiger partial charge in [-0.05, 0) is 43.4 Å². The number of alkyl halides is 3. The molecule has 0 saturated heterocycles. The minimum Gasteiger partial charge on any atom is -0.393 e. The molecule has 2 N–H and O–H groups in total. The van der Waals surface area contributed by atoms with E-state index in [1.54, 1.807) is 24.3 Å². The van der Waals surface area contributed by atoms with Crippen LogP contribution in [-0.2, 0) is 11.2 Å². The van der Waals surface area contributed by atoms with Gasteiger partial charge in [0, 0.05) is 12.0 Å². The van der Waals surface area contributed by atoms with Crippen LogP contribution in [0, 0.1) is 11.8 Å². The summed E-state index contributed by atoms with van der Waals surface area (Å²) in [7, 11) is 0. The van der Waals surface area contributed by atoms with E-state index in [1.807, 2.05) is 13.8 Å². The van der Waals surface area contributed by atoms with E-state index in [-0.39, 0.29) is 12.8 Å². The first-order valence-electron chi connectivity index (χ1n) is 8.72. The van der Waals surface area contributed by atoms with Crippen molar-refractivity contribution in [3.8, 4) is 11.8 Å². The molecule has 0 aliphatic carbocycles. The van der Waals surface area contributed by atoms with Gasteiger partial charge in [-0.2, -0.15) is 13.2 Å². The topological polar surface area (TPSA) is 57.5 Å². The van der Waals surface area contributed by atoms with Gasteiger partial charge in [-0.25, -0.2) is 0 Å². The second-order valence-electron chi connectivity index (χ2n) is 6.40. The summed E-state index contributed by atoms with van der Waals surface area (Å²) >= 11 is 0. The lowest BCUT2D eigenvalue weighted by Gasteiger charge is -2.18. The predicted molar refractivity (Wildman–Crippen MR) is 93.5 cm³/mol. The standard InChI is InChI=1S/C20H25F3O3/c1-3-11-19(26,4-2)12-10-15-6-5-7-16(13-15)14-17(24)8-9-18(25)20(21,22)23/h5-7,13,17,24,26H,3-4,8-9,11,14H2,1-2H3. The van der Waals surface area contributed by atoms with Gasteiger partial charge in [-0.3, -0.25) is 4.79 Å². The number of hydrogen-bond donors (Lipinski definition) is 2. The van der Waals surface area contributed by atoms with Gasteiger partial charge in [0.2, 0.25) is 5.78 Å². The lowest BCUT2D eigenvalue weighted by molar-refractivity contribution is -0.171. The Morgan fingerprint density at radius 3 is 2.54 bits per heavy atom. The highest BCUT2D eigenvalue weighted by Crippen LogP contribution is 2.20. The van der Waals surface area contributed by atoms with Crippen molar-refractivity contribution in [1.82, 2.24) is 0 Å². The molecule has 0 aromatic heterocycles. The summed E-state index contributed by atoms with van der Waals surface area (Å²) in [6, 6.07) is 6.96. The summed E-state index contributed by atoms with van der Waals surface area (Å²) in [5.74, 6) is 3.97. The van der Waals surface area contributed by atoms with E-state index < -0.39 is 30.1 Å². The number of aliphatic hydroxyl groups is 2. The van der Waals surface area contributed by atoms with E-state index in [1.165, 1.54) is 0 Å². The normalized spacial score (nSPS) is 14.9. The van der Waals surface area contributed by atoms with E-state index in [2.05, 4.69) is 11.8 Å². The zero-order valence-electron chi connectivity index (χ0n) is 15.1. The van der Waals surface area contributed by atoms with Crippen LogP contribution in [0.25, 0.3) is 0 Å². The average Bonchev–Trinajstić information content (AvgIpc) is 2.57. The first kappa shape index (κ1) is 22.2. The minimum absolute atomic E-state index is 0.133. The number of ketones is 1. The molecule has 26 heavy (non-hydrogen) atoms. The number of carbonyl (C=O) groups excluding carboxylic acids is 1. The van der Waals surface area contributed by atoms with Crippen LogP contribution in [-0.4, -0.2) is 33.9 Å². The van der Waals surface area contributed by atoms with Crippen LogP contribution in [0.4, 0.5) is 13.2 Å². The van der Waals surface area contributed by atoms with Crippen LogP contribution in [0.15, 0.2) is 24.3 Å². The molecule has 3 nitrogen and oxygen atoms in total. The van der Waals surface area contributed by atoms with Gasteiger partial charge in [0.1, 0.15) is 5.60 Å². The van der Waals surface area contributed by atoms with Crippen molar-refractivity contribution in [2.24, 2.45) is 0 Å². The Labute approximate surface area is 152 Å². The Hall–Kier alpha value is -1.84. The fraction of sp³-hybridized carbons (Fsp3) is 0.550. The Morgan fingerprint density at radius 1 is 1.27 bits per heavy atom. The van der Waals surface area contributed by atoms with Gasteiger partial charge in [0.05, 0.1) is 6.10 Å². The molecule has 0 spiro atoms. The van der Waals surface area contributed by atoms with Crippen molar-refractivity contribution in [3.63, 3.8) is 0 Å². The van der Waals surface area contributed by atoms with Crippen molar-refractivity contribution in [2.45, 2.75) is 70.3 Å². The molecule has 0 saturated carbocycles. The number of hydrogen-bond acceptors (Lipinski definition) is 3. The Balaban J connectivity index is 2.71. The van der Waals surface area contributed by atoms with Crippen molar-refractivity contribution < 1.29 is 28.2 Å². The molecule has 2 unspecified atom stereocenters. The van der Waals surface area contributed by atoms with Crippen molar-refractivity contribution >= 4 is 5.78 Å². The average molecular weight is 370 g/mol. The molecular weight excluding hydrogens is 345 g/mol. The molecule has 0 fully saturated rings. The molecule has 0 heterocycles. The molecule has 0 amide bonds. The number of carbonyl (C=O) groups is 1. The molecule has 0 radical (unpaired) electrons. The van der Waals surface area contributed by atoms with Gasteiger partial charge < -0.3 is 10.2 Å². The molecular formula is C20H25F3O3. The highest BCUT2D eigenvalue weighted by atomic mass is 19.4. The molecule has 0 aliphatic heterocycles. The van der Waals surface area contributed by atoms with Crippen LogP contribution in [0.3, 0.4) is 0 Å². The van der Waals surface area contributed by atoms with Crippen molar-refractivity contribution in [3.05, 3.63) is 35.4 Å². The third-order valence-electron chi connectivity index (χ3n) is 4.11. The fourth-order valence-electron chi connectivity index (χ4n) is 2.52. The zero-order valence-corrected chi connectivity index (χ0v) is 15.1. The Bertz CT molecular complexity index is 658. The first-order chi connectivity index (χ1) is 12.1. The lowest BCUT2D eigenvalue weighted by atomic mass is 9.95. The van der Waals surface area contributed by atoms with Gasteiger partial charge in [0.15, 0.2) is 0 Å². The smallest absolute Gasteiger partial charge is 0.393 e. The third kappa shape index (κ3) is 7.59. The quantitative estimate of drug-likeness (QED) is 0.685. The molecule has 1 aromatic rings. The maximum absolute atomic E-state index is 12.2.